The highest BCUT2D eigenvalue weighted by molar-refractivity contribution is 5.77. The number of nitrogens with zero attached hydrogens (tertiary/aromatic N) is 2. The number of carbonyl (C=O) groups is 1. The van der Waals surface area contributed by atoms with E-state index in [2.05, 4.69) is 41.0 Å². The van der Waals surface area contributed by atoms with Gasteiger partial charge in [-0.1, -0.05) is 37.3 Å². The molecule has 2 atom stereocenters. The van der Waals surface area contributed by atoms with Gasteiger partial charge in [0.2, 0.25) is 5.91 Å². The summed E-state index contributed by atoms with van der Waals surface area (Å²) in [5.74, 6) is 0.311. The van der Waals surface area contributed by atoms with Crippen molar-refractivity contribution < 1.29 is 4.79 Å². The van der Waals surface area contributed by atoms with Gasteiger partial charge in [0.1, 0.15) is 6.17 Å². The first-order chi connectivity index (χ1) is 9.31. The Labute approximate surface area is 115 Å². The summed E-state index contributed by atoms with van der Waals surface area (Å²) in [5, 5.41) is 0. The van der Waals surface area contributed by atoms with E-state index in [0.29, 0.717) is 18.4 Å². The molecule has 0 aromatic heterocycles. The fourth-order valence-corrected chi connectivity index (χ4v) is 3.47. The molecule has 0 spiro atoms. The van der Waals surface area contributed by atoms with Crippen LogP contribution < -0.4 is 0 Å². The maximum atomic E-state index is 12.4. The molecule has 2 aliphatic heterocycles. The molecule has 0 N–H and O–H groups in total. The first-order valence-corrected chi connectivity index (χ1v) is 7.41. The third kappa shape index (κ3) is 2.27. The van der Waals surface area contributed by atoms with Crippen LogP contribution in [0.2, 0.25) is 0 Å². The number of hydrogen-bond donors (Lipinski definition) is 0. The van der Waals surface area contributed by atoms with E-state index >= 15 is 0 Å². The molecule has 102 valence electrons. The van der Waals surface area contributed by atoms with Crippen molar-refractivity contribution in [3.8, 4) is 0 Å². The van der Waals surface area contributed by atoms with Gasteiger partial charge in [0.15, 0.2) is 0 Å². The van der Waals surface area contributed by atoms with E-state index in [-0.39, 0.29) is 6.17 Å². The number of amides is 1. The van der Waals surface area contributed by atoms with Crippen LogP contribution >= 0.6 is 0 Å². The second-order valence-corrected chi connectivity index (χ2v) is 5.61. The molecule has 0 aliphatic carbocycles. The Kier molecular flexibility index (Phi) is 3.56. The summed E-state index contributed by atoms with van der Waals surface area (Å²) in [6.45, 7) is 4.12. The van der Waals surface area contributed by atoms with Gasteiger partial charge in [0.05, 0.1) is 0 Å². The molecule has 19 heavy (non-hydrogen) atoms. The number of hydrogen-bond acceptors (Lipinski definition) is 2. The molecule has 1 aromatic rings. The molecule has 2 unspecified atom stereocenters. The van der Waals surface area contributed by atoms with Crippen LogP contribution in [-0.2, 0) is 4.79 Å². The topological polar surface area (TPSA) is 23.6 Å². The number of carbonyl (C=O) groups excluding carboxylic acids is 1. The minimum Gasteiger partial charge on any atom is -0.321 e. The quantitative estimate of drug-likeness (QED) is 0.832. The smallest absolute Gasteiger partial charge is 0.224 e. The standard InChI is InChI=1S/C16H22N2O/c1-2-7-15(19)18-12-14-10-6-11-17(14)16(18)13-8-4-3-5-9-13/h3-5,8-9,14,16H,2,6-7,10-12H2,1H3. The summed E-state index contributed by atoms with van der Waals surface area (Å²) in [4.78, 5) is 17.0. The minimum absolute atomic E-state index is 0.174. The number of rotatable bonds is 3. The predicted octanol–water partition coefficient (Wildman–Crippen LogP) is 2.79. The summed E-state index contributed by atoms with van der Waals surface area (Å²) in [6.07, 6.45) is 4.28. The van der Waals surface area contributed by atoms with Crippen molar-refractivity contribution in [3.63, 3.8) is 0 Å². The van der Waals surface area contributed by atoms with Gasteiger partial charge in [0.25, 0.3) is 0 Å². The van der Waals surface area contributed by atoms with Gasteiger partial charge in [-0.3, -0.25) is 9.69 Å². The van der Waals surface area contributed by atoms with Crippen molar-refractivity contribution in [2.45, 2.75) is 44.8 Å². The maximum Gasteiger partial charge on any atom is 0.224 e. The van der Waals surface area contributed by atoms with Crippen LogP contribution in [0, 0.1) is 0 Å². The fourth-order valence-electron chi connectivity index (χ4n) is 3.47. The molecule has 0 saturated carbocycles. The van der Waals surface area contributed by atoms with Crippen molar-refractivity contribution in [2.75, 3.05) is 13.1 Å². The van der Waals surface area contributed by atoms with E-state index in [1.54, 1.807) is 0 Å². The van der Waals surface area contributed by atoms with E-state index in [1.807, 2.05) is 6.07 Å². The summed E-state index contributed by atoms with van der Waals surface area (Å²) in [7, 11) is 0. The average Bonchev–Trinajstić information content (AvgIpc) is 2.99. The average molecular weight is 258 g/mol. The molecule has 2 fully saturated rings. The molecular weight excluding hydrogens is 236 g/mol. The lowest BCUT2D eigenvalue weighted by Gasteiger charge is -2.30. The molecular formula is C16H22N2O. The van der Waals surface area contributed by atoms with Crippen LogP contribution in [0.5, 0.6) is 0 Å². The van der Waals surface area contributed by atoms with Crippen LogP contribution in [-0.4, -0.2) is 34.8 Å². The van der Waals surface area contributed by atoms with Gasteiger partial charge in [-0.05, 0) is 24.8 Å². The number of fused-ring (bicyclic) bond motifs is 1. The van der Waals surface area contributed by atoms with E-state index in [1.165, 1.54) is 18.4 Å². The fraction of sp³-hybridized carbons (Fsp3) is 0.562. The lowest BCUT2D eigenvalue weighted by molar-refractivity contribution is -0.133. The van der Waals surface area contributed by atoms with E-state index in [0.717, 1.165) is 19.5 Å². The molecule has 0 bridgehead atoms. The lowest BCUT2D eigenvalue weighted by atomic mass is 10.1. The van der Waals surface area contributed by atoms with Gasteiger partial charge >= 0.3 is 0 Å². The third-order valence-electron chi connectivity index (χ3n) is 4.32. The lowest BCUT2D eigenvalue weighted by Crippen LogP contribution is -2.35. The Morgan fingerprint density at radius 2 is 2.11 bits per heavy atom. The van der Waals surface area contributed by atoms with Crippen LogP contribution in [0.3, 0.4) is 0 Å². The van der Waals surface area contributed by atoms with Gasteiger partial charge in [0, 0.05) is 25.6 Å². The largest absolute Gasteiger partial charge is 0.321 e. The normalized spacial score (nSPS) is 26.7. The van der Waals surface area contributed by atoms with Crippen molar-refractivity contribution in [2.24, 2.45) is 0 Å². The van der Waals surface area contributed by atoms with Crippen LogP contribution in [0.4, 0.5) is 0 Å². The highest BCUT2D eigenvalue weighted by atomic mass is 16.2. The minimum atomic E-state index is 0.174. The highest BCUT2D eigenvalue weighted by Crippen LogP contribution is 2.39. The molecule has 2 saturated heterocycles. The second kappa shape index (κ2) is 5.33. The summed E-state index contributed by atoms with van der Waals surface area (Å²) in [6, 6.07) is 11.1. The molecule has 2 heterocycles. The Morgan fingerprint density at radius 3 is 2.84 bits per heavy atom. The van der Waals surface area contributed by atoms with Crippen LogP contribution in [0.25, 0.3) is 0 Å². The first-order valence-electron chi connectivity index (χ1n) is 7.41. The number of benzene rings is 1. The van der Waals surface area contributed by atoms with Crippen molar-refractivity contribution in [1.29, 1.82) is 0 Å². The van der Waals surface area contributed by atoms with Gasteiger partial charge in [-0.25, -0.2) is 0 Å². The molecule has 0 radical (unpaired) electrons. The van der Waals surface area contributed by atoms with Crippen molar-refractivity contribution in [3.05, 3.63) is 35.9 Å². The van der Waals surface area contributed by atoms with Crippen LogP contribution in [0.15, 0.2) is 30.3 Å². The zero-order valence-electron chi connectivity index (χ0n) is 11.6. The third-order valence-corrected chi connectivity index (χ3v) is 4.32. The van der Waals surface area contributed by atoms with Crippen molar-refractivity contribution in [1.82, 2.24) is 9.80 Å². The highest BCUT2D eigenvalue weighted by Gasteiger charge is 2.44. The van der Waals surface area contributed by atoms with E-state index < -0.39 is 0 Å². The summed E-state index contributed by atoms with van der Waals surface area (Å²) in [5.41, 5.74) is 1.26. The van der Waals surface area contributed by atoms with Gasteiger partial charge in [-0.15, -0.1) is 0 Å². The Balaban J connectivity index is 1.89. The Morgan fingerprint density at radius 1 is 1.32 bits per heavy atom. The zero-order chi connectivity index (χ0) is 13.2. The zero-order valence-corrected chi connectivity index (χ0v) is 11.6. The van der Waals surface area contributed by atoms with Gasteiger partial charge in [-0.2, -0.15) is 0 Å². The predicted molar refractivity (Wildman–Crippen MR) is 75.5 cm³/mol. The van der Waals surface area contributed by atoms with Crippen LogP contribution in [0.1, 0.15) is 44.3 Å². The Hall–Kier alpha value is -1.35. The molecule has 1 aromatic carbocycles. The molecule has 3 rings (SSSR count). The second-order valence-electron chi connectivity index (χ2n) is 5.61. The van der Waals surface area contributed by atoms with E-state index in [9.17, 15) is 4.79 Å². The van der Waals surface area contributed by atoms with E-state index in [4.69, 9.17) is 0 Å². The Bertz CT molecular complexity index is 445. The van der Waals surface area contributed by atoms with Crippen molar-refractivity contribution >= 4 is 5.91 Å². The molecule has 3 heteroatoms. The molecule has 2 aliphatic rings. The summed E-state index contributed by atoms with van der Waals surface area (Å²) < 4.78 is 0. The van der Waals surface area contributed by atoms with Gasteiger partial charge < -0.3 is 4.90 Å². The maximum absolute atomic E-state index is 12.4. The SMILES string of the molecule is CCCC(=O)N1CC2CCCN2C1c1ccccc1. The summed E-state index contributed by atoms with van der Waals surface area (Å²) >= 11 is 0. The first kappa shape index (κ1) is 12.7. The molecule has 1 amide bonds. The monoisotopic (exact) mass is 258 g/mol. The molecule has 3 nitrogen and oxygen atoms in total.